The van der Waals surface area contributed by atoms with Crippen LogP contribution in [-0.2, 0) is 21.0 Å². The quantitative estimate of drug-likeness (QED) is 0.725. The van der Waals surface area contributed by atoms with E-state index < -0.39 is 39.4 Å². The maximum absolute atomic E-state index is 13.2. The molecule has 0 aliphatic carbocycles. The highest BCUT2D eigenvalue weighted by atomic mass is 35.5. The largest absolute Gasteiger partial charge is 0.418 e. The molecule has 0 saturated heterocycles. The molecule has 2 rings (SSSR count). The molecule has 1 atom stereocenters. The molecule has 2 aromatic rings. The molecule has 0 spiro atoms. The van der Waals surface area contributed by atoms with E-state index in [0.717, 1.165) is 22.7 Å². The van der Waals surface area contributed by atoms with E-state index in [2.05, 4.69) is 5.32 Å². The van der Waals surface area contributed by atoms with Gasteiger partial charge in [0.15, 0.2) is 0 Å². The Balaban J connectivity index is 2.42. The van der Waals surface area contributed by atoms with Crippen molar-refractivity contribution in [2.24, 2.45) is 0 Å². The lowest BCUT2D eigenvalue weighted by molar-refractivity contribution is -0.137. The van der Waals surface area contributed by atoms with Crippen LogP contribution >= 0.6 is 11.6 Å². The van der Waals surface area contributed by atoms with Gasteiger partial charge in [0.25, 0.3) is 0 Å². The molecule has 1 N–H and O–H groups in total. The molecule has 0 fully saturated rings. The van der Waals surface area contributed by atoms with Gasteiger partial charge in [0.2, 0.25) is 15.9 Å². The van der Waals surface area contributed by atoms with Gasteiger partial charge in [0.1, 0.15) is 6.04 Å². The first kappa shape index (κ1) is 22.0. The number of rotatable bonds is 6. The third-order valence-electron chi connectivity index (χ3n) is 3.90. The zero-order valence-electron chi connectivity index (χ0n) is 15.0. The number of nitrogens with one attached hydrogen (secondary N) is 1. The van der Waals surface area contributed by atoms with E-state index >= 15 is 0 Å². The number of benzene rings is 2. The summed E-state index contributed by atoms with van der Waals surface area (Å²) in [5.41, 5.74) is -1.28. The fraction of sp³-hybridized carbons (Fsp3) is 0.278. The van der Waals surface area contributed by atoms with E-state index in [-0.39, 0.29) is 12.1 Å². The molecule has 1 amide bonds. The summed E-state index contributed by atoms with van der Waals surface area (Å²) >= 11 is 5.82. The fourth-order valence-electron chi connectivity index (χ4n) is 2.70. The number of anilines is 2. The highest BCUT2D eigenvalue weighted by Gasteiger charge is 2.36. The monoisotopic (exact) mass is 434 g/mol. The zero-order chi connectivity index (χ0) is 21.1. The van der Waals surface area contributed by atoms with Crippen LogP contribution in [0.3, 0.4) is 0 Å². The summed E-state index contributed by atoms with van der Waals surface area (Å²) < 4.78 is 65.0. The van der Waals surface area contributed by atoms with Crippen molar-refractivity contribution in [3.8, 4) is 0 Å². The summed E-state index contributed by atoms with van der Waals surface area (Å²) in [5, 5.41) is 2.58. The minimum atomic E-state index is -4.67. The summed E-state index contributed by atoms with van der Waals surface area (Å²) in [6.45, 7) is 1.56. The fourth-order valence-corrected chi connectivity index (χ4v) is 4.04. The SMILES string of the molecule is CC[C@@H](C(=O)Nc1ccccc1C(F)(F)F)N(c1ccc(Cl)cc1)S(C)(=O)=O. The predicted octanol–water partition coefficient (Wildman–Crippen LogP) is 4.54. The van der Waals surface area contributed by atoms with Crippen molar-refractivity contribution < 1.29 is 26.4 Å². The molecule has 5 nitrogen and oxygen atoms in total. The Kier molecular flexibility index (Phi) is 6.61. The number of hydrogen-bond acceptors (Lipinski definition) is 3. The maximum atomic E-state index is 13.2. The Bertz CT molecular complexity index is 947. The number of carbonyl (C=O) groups excluding carboxylic acids is 1. The van der Waals surface area contributed by atoms with Gasteiger partial charge in [0.05, 0.1) is 23.2 Å². The van der Waals surface area contributed by atoms with Gasteiger partial charge in [-0.1, -0.05) is 30.7 Å². The molecule has 0 bridgehead atoms. The Labute approximate surface area is 166 Å². The van der Waals surface area contributed by atoms with Crippen LogP contribution in [-0.4, -0.2) is 26.6 Å². The minimum Gasteiger partial charge on any atom is -0.324 e. The summed E-state index contributed by atoms with van der Waals surface area (Å²) in [6.07, 6.45) is -3.71. The second-order valence-corrected chi connectivity index (χ2v) is 8.29. The van der Waals surface area contributed by atoms with Crippen LogP contribution in [0.1, 0.15) is 18.9 Å². The molecular weight excluding hydrogens is 417 g/mol. The van der Waals surface area contributed by atoms with Crippen LogP contribution < -0.4 is 9.62 Å². The lowest BCUT2D eigenvalue weighted by atomic mass is 10.1. The van der Waals surface area contributed by atoms with E-state index in [1.165, 1.54) is 36.4 Å². The summed E-state index contributed by atoms with van der Waals surface area (Å²) in [7, 11) is -3.91. The molecule has 152 valence electrons. The molecular formula is C18H18ClF3N2O3S. The smallest absolute Gasteiger partial charge is 0.324 e. The number of amides is 1. The molecule has 0 heterocycles. The van der Waals surface area contributed by atoms with Gasteiger partial charge in [-0.15, -0.1) is 0 Å². The Morgan fingerprint density at radius 2 is 1.71 bits per heavy atom. The number of hydrogen-bond donors (Lipinski definition) is 1. The van der Waals surface area contributed by atoms with Crippen molar-refractivity contribution in [1.29, 1.82) is 0 Å². The summed E-state index contributed by atoms with van der Waals surface area (Å²) in [4.78, 5) is 12.7. The van der Waals surface area contributed by atoms with E-state index in [9.17, 15) is 26.4 Å². The van der Waals surface area contributed by atoms with E-state index in [1.54, 1.807) is 6.92 Å². The normalized spacial score (nSPS) is 13.1. The number of sulfonamides is 1. The number of halogens is 4. The first-order valence-corrected chi connectivity index (χ1v) is 10.4. The molecule has 2 aromatic carbocycles. The van der Waals surface area contributed by atoms with Crippen LogP contribution in [0.2, 0.25) is 5.02 Å². The van der Waals surface area contributed by atoms with Gasteiger partial charge in [-0.25, -0.2) is 8.42 Å². The van der Waals surface area contributed by atoms with Gasteiger partial charge in [-0.3, -0.25) is 9.10 Å². The Morgan fingerprint density at radius 3 is 2.21 bits per heavy atom. The van der Waals surface area contributed by atoms with Gasteiger partial charge < -0.3 is 5.32 Å². The molecule has 0 aliphatic rings. The zero-order valence-corrected chi connectivity index (χ0v) is 16.6. The molecule has 28 heavy (non-hydrogen) atoms. The van der Waals surface area contributed by atoms with E-state index in [0.29, 0.717) is 5.02 Å². The standard InChI is InChI=1S/C18H18ClF3N2O3S/c1-3-16(24(28(2,26)27)13-10-8-12(19)9-11-13)17(25)23-15-7-5-4-6-14(15)18(20,21)22/h4-11,16H,3H2,1-2H3,(H,23,25)/t16-/m0/s1. The van der Waals surface area contributed by atoms with E-state index in [4.69, 9.17) is 11.6 Å². The Morgan fingerprint density at radius 1 is 1.14 bits per heavy atom. The number of nitrogens with zero attached hydrogens (tertiary/aromatic N) is 1. The number of alkyl halides is 3. The molecule has 0 unspecified atom stereocenters. The topological polar surface area (TPSA) is 66.5 Å². The van der Waals surface area contributed by atoms with Gasteiger partial charge in [-0.2, -0.15) is 13.2 Å². The molecule has 0 aromatic heterocycles. The highest BCUT2D eigenvalue weighted by Crippen LogP contribution is 2.35. The van der Waals surface area contributed by atoms with Crippen LogP contribution in [0.15, 0.2) is 48.5 Å². The summed E-state index contributed by atoms with van der Waals surface area (Å²) in [5.74, 6) is -0.875. The first-order chi connectivity index (χ1) is 12.9. The van der Waals surface area contributed by atoms with Crippen molar-refractivity contribution in [2.45, 2.75) is 25.6 Å². The summed E-state index contributed by atoms with van der Waals surface area (Å²) in [6, 6.07) is 9.00. The second-order valence-electron chi connectivity index (χ2n) is 5.99. The number of carbonyl (C=O) groups is 1. The highest BCUT2D eigenvalue weighted by molar-refractivity contribution is 7.92. The maximum Gasteiger partial charge on any atom is 0.418 e. The van der Waals surface area contributed by atoms with Crippen molar-refractivity contribution in [2.75, 3.05) is 15.9 Å². The van der Waals surface area contributed by atoms with Crippen LogP contribution in [0.5, 0.6) is 0 Å². The van der Waals surface area contributed by atoms with Crippen molar-refractivity contribution >= 4 is 38.9 Å². The average Bonchev–Trinajstić information content (AvgIpc) is 2.59. The van der Waals surface area contributed by atoms with Gasteiger partial charge >= 0.3 is 6.18 Å². The lowest BCUT2D eigenvalue weighted by Crippen LogP contribution is -2.47. The third kappa shape index (κ3) is 5.17. The number of para-hydroxylation sites is 1. The van der Waals surface area contributed by atoms with E-state index in [1.807, 2.05) is 0 Å². The van der Waals surface area contributed by atoms with Crippen LogP contribution in [0.4, 0.5) is 24.5 Å². The predicted molar refractivity (Wildman–Crippen MR) is 103 cm³/mol. The van der Waals surface area contributed by atoms with Crippen molar-refractivity contribution in [3.63, 3.8) is 0 Å². The van der Waals surface area contributed by atoms with Crippen LogP contribution in [0.25, 0.3) is 0 Å². The third-order valence-corrected chi connectivity index (χ3v) is 5.33. The Hall–Kier alpha value is -2.26. The minimum absolute atomic E-state index is 0.0374. The second kappa shape index (κ2) is 8.40. The average molecular weight is 435 g/mol. The van der Waals surface area contributed by atoms with Gasteiger partial charge in [-0.05, 0) is 42.8 Å². The molecule has 10 heteroatoms. The first-order valence-electron chi connectivity index (χ1n) is 8.17. The van der Waals surface area contributed by atoms with Crippen molar-refractivity contribution in [3.05, 3.63) is 59.1 Å². The lowest BCUT2D eigenvalue weighted by Gasteiger charge is -2.30. The van der Waals surface area contributed by atoms with Gasteiger partial charge in [0, 0.05) is 5.02 Å². The van der Waals surface area contributed by atoms with Crippen molar-refractivity contribution in [1.82, 2.24) is 0 Å². The van der Waals surface area contributed by atoms with Crippen LogP contribution in [0, 0.1) is 0 Å². The molecule has 0 radical (unpaired) electrons. The molecule has 0 aliphatic heterocycles. The molecule has 0 saturated carbocycles.